The molecule has 0 saturated heterocycles. The van der Waals surface area contributed by atoms with E-state index in [0.717, 1.165) is 22.3 Å². The second kappa shape index (κ2) is 4.72. The molecule has 0 fully saturated rings. The van der Waals surface area contributed by atoms with Gasteiger partial charge in [0.05, 0.1) is 12.5 Å². The predicted molar refractivity (Wildman–Crippen MR) is 71.8 cm³/mol. The van der Waals surface area contributed by atoms with Crippen LogP contribution in [0.5, 0.6) is 5.75 Å². The molecule has 3 aromatic rings. The number of rotatable bonds is 3. The Morgan fingerprint density at radius 1 is 1.16 bits per heavy atom. The number of fused-ring (bicyclic) bond motifs is 1. The van der Waals surface area contributed by atoms with Gasteiger partial charge in [0.2, 0.25) is 0 Å². The van der Waals surface area contributed by atoms with Crippen LogP contribution in [0.15, 0.2) is 48.8 Å². The van der Waals surface area contributed by atoms with Gasteiger partial charge in [0, 0.05) is 18.9 Å². The quantitative estimate of drug-likeness (QED) is 0.719. The Morgan fingerprint density at radius 2 is 1.95 bits per heavy atom. The third-order valence-electron chi connectivity index (χ3n) is 3.11. The van der Waals surface area contributed by atoms with Gasteiger partial charge in [0.25, 0.3) is 0 Å². The number of methoxy groups -OCH3 is 1. The smallest absolute Gasteiger partial charge is 0.143 e. The first-order valence-corrected chi connectivity index (χ1v) is 6.00. The van der Waals surface area contributed by atoms with Gasteiger partial charge in [-0.15, -0.1) is 0 Å². The first kappa shape index (κ1) is 11.7. The molecule has 96 valence electrons. The Balaban J connectivity index is 1.99. The van der Waals surface area contributed by atoms with Gasteiger partial charge in [0.1, 0.15) is 17.2 Å². The molecule has 3 rings (SSSR count). The van der Waals surface area contributed by atoms with Crippen LogP contribution < -0.4 is 4.74 Å². The average molecular weight is 256 g/mol. The molecule has 0 aliphatic heterocycles. The first-order chi connectivity index (χ1) is 9.28. The van der Waals surface area contributed by atoms with E-state index in [0.29, 0.717) is 6.54 Å². The lowest BCUT2D eigenvalue weighted by Gasteiger charge is -2.06. The molecular weight excluding hydrogens is 243 g/mol. The maximum Gasteiger partial charge on any atom is 0.143 e. The summed E-state index contributed by atoms with van der Waals surface area (Å²) in [6, 6.07) is 10.3. The molecule has 4 heteroatoms. The Labute approximate surface area is 110 Å². The van der Waals surface area contributed by atoms with E-state index in [1.165, 1.54) is 12.1 Å². The third-order valence-corrected chi connectivity index (χ3v) is 3.11. The predicted octanol–water partition coefficient (Wildman–Crippen LogP) is 3.23. The molecule has 0 N–H and O–H groups in total. The van der Waals surface area contributed by atoms with Gasteiger partial charge in [-0.05, 0) is 29.8 Å². The molecule has 0 saturated carbocycles. The van der Waals surface area contributed by atoms with Crippen LogP contribution in [-0.4, -0.2) is 16.7 Å². The Morgan fingerprint density at radius 3 is 2.68 bits per heavy atom. The van der Waals surface area contributed by atoms with E-state index in [1.54, 1.807) is 25.4 Å². The highest BCUT2D eigenvalue weighted by molar-refractivity contribution is 5.83. The molecule has 0 bridgehead atoms. The zero-order valence-electron chi connectivity index (χ0n) is 10.5. The molecule has 0 amide bonds. The standard InChI is InChI=1S/C15H13FN2O/c1-19-14-6-8-17-15-13(14)7-9-18(15)10-11-2-4-12(16)5-3-11/h2-9H,10H2,1H3. The molecule has 0 aliphatic rings. The third kappa shape index (κ3) is 2.17. The van der Waals surface area contributed by atoms with Gasteiger partial charge in [-0.2, -0.15) is 0 Å². The van der Waals surface area contributed by atoms with Gasteiger partial charge in [0.15, 0.2) is 0 Å². The second-order valence-corrected chi connectivity index (χ2v) is 4.32. The summed E-state index contributed by atoms with van der Waals surface area (Å²) in [5, 5.41) is 0.979. The zero-order chi connectivity index (χ0) is 13.2. The van der Waals surface area contributed by atoms with Crippen LogP contribution in [-0.2, 0) is 6.54 Å². The summed E-state index contributed by atoms with van der Waals surface area (Å²) >= 11 is 0. The maximum absolute atomic E-state index is 12.9. The van der Waals surface area contributed by atoms with Crippen LogP contribution in [0.3, 0.4) is 0 Å². The van der Waals surface area contributed by atoms with E-state index < -0.39 is 0 Å². The van der Waals surface area contributed by atoms with E-state index in [9.17, 15) is 4.39 Å². The van der Waals surface area contributed by atoms with Gasteiger partial charge in [-0.3, -0.25) is 0 Å². The van der Waals surface area contributed by atoms with Crippen molar-refractivity contribution in [2.24, 2.45) is 0 Å². The van der Waals surface area contributed by atoms with Crippen LogP contribution in [0.25, 0.3) is 11.0 Å². The molecule has 1 aromatic carbocycles. The van der Waals surface area contributed by atoms with E-state index in [1.807, 2.05) is 22.9 Å². The molecule has 0 unspecified atom stereocenters. The number of aromatic nitrogens is 2. The Kier molecular flexibility index (Phi) is 2.91. The van der Waals surface area contributed by atoms with Crippen molar-refractivity contribution in [3.8, 4) is 5.75 Å². The van der Waals surface area contributed by atoms with Crippen LogP contribution >= 0.6 is 0 Å². The number of nitrogens with zero attached hydrogens (tertiary/aromatic N) is 2. The molecule has 0 spiro atoms. The van der Waals surface area contributed by atoms with E-state index >= 15 is 0 Å². The highest BCUT2D eigenvalue weighted by atomic mass is 19.1. The fourth-order valence-corrected chi connectivity index (χ4v) is 2.16. The minimum absolute atomic E-state index is 0.221. The molecule has 19 heavy (non-hydrogen) atoms. The number of ether oxygens (including phenoxy) is 1. The molecule has 0 aliphatic carbocycles. The van der Waals surface area contributed by atoms with E-state index in [-0.39, 0.29) is 5.82 Å². The van der Waals surface area contributed by atoms with E-state index in [4.69, 9.17) is 4.74 Å². The molecule has 3 nitrogen and oxygen atoms in total. The van der Waals surface area contributed by atoms with Crippen molar-refractivity contribution in [2.75, 3.05) is 7.11 Å². The SMILES string of the molecule is COc1ccnc2c1ccn2Cc1ccc(F)cc1. The van der Waals surface area contributed by atoms with Gasteiger partial charge >= 0.3 is 0 Å². The van der Waals surface area contributed by atoms with Crippen molar-refractivity contribution in [3.05, 3.63) is 60.2 Å². The minimum atomic E-state index is -0.221. The summed E-state index contributed by atoms with van der Waals surface area (Å²) < 4.78 is 20.2. The van der Waals surface area contributed by atoms with Gasteiger partial charge < -0.3 is 9.30 Å². The lowest BCUT2D eigenvalue weighted by Crippen LogP contribution is -1.99. The number of hydrogen-bond acceptors (Lipinski definition) is 2. The van der Waals surface area contributed by atoms with Crippen LogP contribution in [0.2, 0.25) is 0 Å². The molecule has 2 aromatic heterocycles. The van der Waals surface area contributed by atoms with Crippen molar-refractivity contribution in [1.29, 1.82) is 0 Å². The number of hydrogen-bond donors (Lipinski definition) is 0. The van der Waals surface area contributed by atoms with Crippen LogP contribution in [0, 0.1) is 5.82 Å². The lowest BCUT2D eigenvalue weighted by molar-refractivity contribution is 0.419. The van der Waals surface area contributed by atoms with E-state index in [2.05, 4.69) is 4.98 Å². The van der Waals surface area contributed by atoms with Crippen LogP contribution in [0.1, 0.15) is 5.56 Å². The van der Waals surface area contributed by atoms with Crippen molar-refractivity contribution in [1.82, 2.24) is 9.55 Å². The average Bonchev–Trinajstić information content (AvgIpc) is 2.84. The van der Waals surface area contributed by atoms with Crippen LogP contribution in [0.4, 0.5) is 4.39 Å². The molecule has 2 heterocycles. The van der Waals surface area contributed by atoms with Crippen molar-refractivity contribution in [3.63, 3.8) is 0 Å². The topological polar surface area (TPSA) is 27.1 Å². The zero-order valence-corrected chi connectivity index (χ0v) is 10.5. The van der Waals surface area contributed by atoms with Crippen molar-refractivity contribution >= 4 is 11.0 Å². The highest BCUT2D eigenvalue weighted by Gasteiger charge is 2.07. The summed E-state index contributed by atoms with van der Waals surface area (Å²) in [5.74, 6) is 0.587. The first-order valence-electron chi connectivity index (χ1n) is 6.00. The molecular formula is C15H13FN2O. The fourth-order valence-electron chi connectivity index (χ4n) is 2.16. The maximum atomic E-state index is 12.9. The summed E-state index contributed by atoms with van der Waals surface area (Å²) in [7, 11) is 1.64. The van der Waals surface area contributed by atoms with Gasteiger partial charge in [-0.25, -0.2) is 9.37 Å². The molecule has 0 atom stereocenters. The fraction of sp³-hybridized carbons (Fsp3) is 0.133. The summed E-state index contributed by atoms with van der Waals surface area (Å²) in [4.78, 5) is 4.37. The summed E-state index contributed by atoms with van der Waals surface area (Å²) in [5.41, 5.74) is 1.90. The number of pyridine rings is 1. The van der Waals surface area contributed by atoms with Crippen molar-refractivity contribution < 1.29 is 9.13 Å². The minimum Gasteiger partial charge on any atom is -0.496 e. The lowest BCUT2D eigenvalue weighted by atomic mass is 10.2. The number of halogens is 1. The number of benzene rings is 1. The Hall–Kier alpha value is -2.36. The van der Waals surface area contributed by atoms with Crippen molar-refractivity contribution in [2.45, 2.75) is 6.54 Å². The summed E-state index contributed by atoms with van der Waals surface area (Å²) in [6.07, 6.45) is 3.69. The normalized spacial score (nSPS) is 10.8. The Bertz CT molecular complexity index is 704. The second-order valence-electron chi connectivity index (χ2n) is 4.32. The highest BCUT2D eigenvalue weighted by Crippen LogP contribution is 2.24. The molecule has 0 radical (unpaired) electrons. The largest absolute Gasteiger partial charge is 0.496 e. The summed E-state index contributed by atoms with van der Waals surface area (Å²) in [6.45, 7) is 0.657. The monoisotopic (exact) mass is 256 g/mol. The van der Waals surface area contributed by atoms with Gasteiger partial charge in [-0.1, -0.05) is 12.1 Å².